The van der Waals surface area contributed by atoms with Gasteiger partial charge in [0, 0.05) is 5.56 Å². The number of benzene rings is 3. The summed E-state index contributed by atoms with van der Waals surface area (Å²) in [6.45, 7) is 3.95. The molecule has 0 saturated heterocycles. The molecule has 3 aromatic rings. The number of ether oxygens (including phenoxy) is 2. The van der Waals surface area contributed by atoms with E-state index in [2.05, 4.69) is 17.1 Å². The van der Waals surface area contributed by atoms with E-state index in [1.54, 1.807) is 48.5 Å². The van der Waals surface area contributed by atoms with E-state index in [0.717, 1.165) is 11.1 Å². The third kappa shape index (κ3) is 6.75. The van der Waals surface area contributed by atoms with Crippen LogP contribution in [0.4, 0.5) is 0 Å². The van der Waals surface area contributed by atoms with E-state index in [1.165, 1.54) is 6.21 Å². The van der Waals surface area contributed by atoms with Crippen molar-refractivity contribution in [2.45, 2.75) is 13.0 Å². The van der Waals surface area contributed by atoms with Crippen LogP contribution < -0.4 is 14.9 Å². The first-order valence-electron chi connectivity index (χ1n) is 9.79. The standard InChI is InChI=1S/C25H24N2O4/c1-2-7-20-10-6-11-21(25(20)29)16-26-27-24(28)18-31-23-14-12-22(13-15-23)30-17-19-8-4-3-5-9-19/h2-6,8-16,29H,1,7,17-18H2,(H,27,28)/b26-16+. The van der Waals surface area contributed by atoms with E-state index in [9.17, 15) is 9.90 Å². The Kier molecular flexibility index (Phi) is 7.83. The van der Waals surface area contributed by atoms with Crippen molar-refractivity contribution in [2.24, 2.45) is 5.10 Å². The normalized spacial score (nSPS) is 10.6. The molecule has 3 aromatic carbocycles. The van der Waals surface area contributed by atoms with Crippen LogP contribution in [0.3, 0.4) is 0 Å². The molecule has 158 valence electrons. The number of phenols is 1. The van der Waals surface area contributed by atoms with Gasteiger partial charge in [-0.1, -0.05) is 48.5 Å². The molecule has 0 aromatic heterocycles. The maximum atomic E-state index is 11.9. The predicted octanol–water partition coefficient (Wildman–Crippen LogP) is 4.23. The molecule has 0 saturated carbocycles. The summed E-state index contributed by atoms with van der Waals surface area (Å²) in [5.41, 5.74) is 4.71. The van der Waals surface area contributed by atoms with E-state index in [4.69, 9.17) is 9.47 Å². The monoisotopic (exact) mass is 416 g/mol. The lowest BCUT2D eigenvalue weighted by Crippen LogP contribution is -2.24. The predicted molar refractivity (Wildman–Crippen MR) is 120 cm³/mol. The lowest BCUT2D eigenvalue weighted by atomic mass is 10.1. The molecule has 0 aliphatic carbocycles. The van der Waals surface area contributed by atoms with Crippen LogP contribution in [0.25, 0.3) is 0 Å². The van der Waals surface area contributed by atoms with Crippen molar-refractivity contribution < 1.29 is 19.4 Å². The van der Waals surface area contributed by atoms with Crippen molar-refractivity contribution in [2.75, 3.05) is 6.61 Å². The zero-order chi connectivity index (χ0) is 21.9. The molecule has 0 aliphatic heterocycles. The number of aromatic hydroxyl groups is 1. The van der Waals surface area contributed by atoms with Gasteiger partial charge < -0.3 is 14.6 Å². The Morgan fingerprint density at radius 2 is 1.68 bits per heavy atom. The Balaban J connectivity index is 1.44. The molecule has 0 aliphatic rings. The van der Waals surface area contributed by atoms with E-state index in [0.29, 0.717) is 30.1 Å². The molecular formula is C25H24N2O4. The molecule has 6 heteroatoms. The van der Waals surface area contributed by atoms with Crippen molar-refractivity contribution in [3.05, 3.63) is 102 Å². The molecule has 3 rings (SSSR count). The van der Waals surface area contributed by atoms with Gasteiger partial charge in [-0.15, -0.1) is 6.58 Å². The number of rotatable bonds is 10. The molecule has 0 heterocycles. The Bertz CT molecular complexity index is 1030. The number of phenolic OH excluding ortho intramolecular Hbond substituents is 1. The number of nitrogens with one attached hydrogen (secondary N) is 1. The van der Waals surface area contributed by atoms with Gasteiger partial charge in [0.15, 0.2) is 6.61 Å². The van der Waals surface area contributed by atoms with E-state index in [1.807, 2.05) is 30.3 Å². The number of amides is 1. The quantitative estimate of drug-likeness (QED) is 0.294. The first kappa shape index (κ1) is 21.6. The summed E-state index contributed by atoms with van der Waals surface area (Å²) in [7, 11) is 0. The van der Waals surface area contributed by atoms with Gasteiger partial charge >= 0.3 is 0 Å². The molecule has 0 atom stereocenters. The topological polar surface area (TPSA) is 80.2 Å². The number of hydrogen-bond donors (Lipinski definition) is 2. The van der Waals surface area contributed by atoms with Crippen molar-refractivity contribution >= 4 is 12.1 Å². The van der Waals surface area contributed by atoms with Crippen LogP contribution in [0.5, 0.6) is 17.2 Å². The summed E-state index contributed by atoms with van der Waals surface area (Å²) in [5, 5.41) is 14.0. The molecular weight excluding hydrogens is 392 g/mol. The largest absolute Gasteiger partial charge is 0.507 e. The van der Waals surface area contributed by atoms with Crippen LogP contribution in [-0.4, -0.2) is 23.8 Å². The average Bonchev–Trinajstić information content (AvgIpc) is 2.80. The fraction of sp³-hybridized carbons (Fsp3) is 0.120. The Labute approximate surface area is 181 Å². The van der Waals surface area contributed by atoms with Crippen molar-refractivity contribution in [3.63, 3.8) is 0 Å². The van der Waals surface area contributed by atoms with Crippen LogP contribution in [0.2, 0.25) is 0 Å². The maximum absolute atomic E-state index is 11.9. The maximum Gasteiger partial charge on any atom is 0.277 e. The van der Waals surface area contributed by atoms with Crippen LogP contribution >= 0.6 is 0 Å². The fourth-order valence-electron chi connectivity index (χ4n) is 2.76. The number of allylic oxidation sites excluding steroid dienone is 1. The molecule has 2 N–H and O–H groups in total. The molecule has 0 fully saturated rings. The second-order valence-corrected chi connectivity index (χ2v) is 6.68. The van der Waals surface area contributed by atoms with Gasteiger partial charge in [-0.3, -0.25) is 4.79 Å². The molecule has 6 nitrogen and oxygen atoms in total. The SMILES string of the molecule is C=CCc1cccc(/C=N/NC(=O)COc2ccc(OCc3ccccc3)cc2)c1O. The summed E-state index contributed by atoms with van der Waals surface area (Å²) >= 11 is 0. The van der Waals surface area contributed by atoms with Crippen molar-refractivity contribution in [1.29, 1.82) is 0 Å². The Morgan fingerprint density at radius 1 is 0.968 bits per heavy atom. The second kappa shape index (κ2) is 11.2. The van der Waals surface area contributed by atoms with Crippen LogP contribution in [0.1, 0.15) is 16.7 Å². The number of para-hydroxylation sites is 1. The summed E-state index contributed by atoms with van der Waals surface area (Å²) in [5.74, 6) is 0.957. The van der Waals surface area contributed by atoms with Gasteiger partial charge in [0.05, 0.1) is 6.21 Å². The number of carbonyl (C=O) groups excluding carboxylic acids is 1. The highest BCUT2D eigenvalue weighted by molar-refractivity contribution is 5.86. The van der Waals surface area contributed by atoms with Gasteiger partial charge in [-0.2, -0.15) is 5.10 Å². The zero-order valence-corrected chi connectivity index (χ0v) is 17.0. The number of hydrogen-bond acceptors (Lipinski definition) is 5. The summed E-state index contributed by atoms with van der Waals surface area (Å²) in [6, 6.07) is 22.2. The van der Waals surface area contributed by atoms with Crippen LogP contribution in [0.15, 0.2) is 90.6 Å². The summed E-state index contributed by atoms with van der Waals surface area (Å²) in [6.07, 6.45) is 3.64. The number of carbonyl (C=O) groups is 1. The van der Waals surface area contributed by atoms with Gasteiger partial charge in [0.25, 0.3) is 5.91 Å². The lowest BCUT2D eigenvalue weighted by Gasteiger charge is -2.08. The minimum absolute atomic E-state index is 0.117. The highest BCUT2D eigenvalue weighted by atomic mass is 16.5. The molecule has 0 spiro atoms. The van der Waals surface area contributed by atoms with E-state index < -0.39 is 5.91 Å². The molecule has 31 heavy (non-hydrogen) atoms. The minimum Gasteiger partial charge on any atom is -0.507 e. The summed E-state index contributed by atoms with van der Waals surface area (Å²) < 4.78 is 11.2. The smallest absolute Gasteiger partial charge is 0.277 e. The van der Waals surface area contributed by atoms with Crippen molar-refractivity contribution in [3.8, 4) is 17.2 Å². The third-order valence-corrected chi connectivity index (χ3v) is 4.35. The van der Waals surface area contributed by atoms with Crippen LogP contribution in [0, 0.1) is 0 Å². The minimum atomic E-state index is -0.414. The first-order chi connectivity index (χ1) is 15.2. The molecule has 0 bridgehead atoms. The first-order valence-corrected chi connectivity index (χ1v) is 9.79. The van der Waals surface area contributed by atoms with Gasteiger partial charge in [-0.05, 0) is 47.9 Å². The van der Waals surface area contributed by atoms with Gasteiger partial charge in [-0.25, -0.2) is 5.43 Å². The lowest BCUT2D eigenvalue weighted by molar-refractivity contribution is -0.123. The number of hydrazone groups is 1. The van der Waals surface area contributed by atoms with Gasteiger partial charge in [0.2, 0.25) is 0 Å². The summed E-state index contributed by atoms with van der Waals surface area (Å²) in [4.78, 5) is 11.9. The molecule has 0 unspecified atom stereocenters. The highest BCUT2D eigenvalue weighted by Crippen LogP contribution is 2.21. The highest BCUT2D eigenvalue weighted by Gasteiger charge is 2.05. The average molecular weight is 416 g/mol. The Hall–Kier alpha value is -4.06. The van der Waals surface area contributed by atoms with E-state index >= 15 is 0 Å². The van der Waals surface area contributed by atoms with E-state index in [-0.39, 0.29) is 12.4 Å². The second-order valence-electron chi connectivity index (χ2n) is 6.68. The Morgan fingerprint density at radius 3 is 2.39 bits per heavy atom. The third-order valence-electron chi connectivity index (χ3n) is 4.35. The van der Waals surface area contributed by atoms with Gasteiger partial charge in [0.1, 0.15) is 23.9 Å². The zero-order valence-electron chi connectivity index (χ0n) is 17.0. The van der Waals surface area contributed by atoms with Crippen LogP contribution in [-0.2, 0) is 17.8 Å². The van der Waals surface area contributed by atoms with Crippen molar-refractivity contribution in [1.82, 2.24) is 5.43 Å². The fourth-order valence-corrected chi connectivity index (χ4v) is 2.76. The molecule has 1 amide bonds. The molecule has 0 radical (unpaired) electrons. The number of nitrogens with zero attached hydrogens (tertiary/aromatic N) is 1.